The zero-order chi connectivity index (χ0) is 15.6. The van der Waals surface area contributed by atoms with Crippen LogP contribution >= 0.6 is 11.6 Å². The second kappa shape index (κ2) is 6.31. The molecule has 1 aromatic carbocycles. The molecule has 1 aliphatic carbocycles. The molecule has 1 aliphatic heterocycles. The summed E-state index contributed by atoms with van der Waals surface area (Å²) in [6.45, 7) is 8.53. The van der Waals surface area contributed by atoms with Gasteiger partial charge in [0.2, 0.25) is 5.91 Å². The van der Waals surface area contributed by atoms with Crippen LogP contribution in [0.2, 0.25) is 5.02 Å². The average molecular weight is 320 g/mol. The molecule has 1 heterocycles. The van der Waals surface area contributed by atoms with Gasteiger partial charge in [0, 0.05) is 43.4 Å². The summed E-state index contributed by atoms with van der Waals surface area (Å²) in [5.74, 6) is -0.0581. The molecule has 22 heavy (non-hydrogen) atoms. The summed E-state index contributed by atoms with van der Waals surface area (Å²) in [6.07, 6.45) is 3.51. The third kappa shape index (κ3) is 3.62. The van der Waals surface area contributed by atoms with Crippen molar-refractivity contribution in [1.82, 2.24) is 10.2 Å². The number of carbonyl (C=O) groups is 1. The molecule has 0 aromatic heterocycles. The molecule has 1 saturated heterocycles. The summed E-state index contributed by atoms with van der Waals surface area (Å²) in [5.41, 5.74) is 1.22. The average Bonchev–Trinajstić information content (AvgIpc) is 3.28. The van der Waals surface area contributed by atoms with E-state index in [1.807, 2.05) is 12.1 Å². The molecule has 118 valence electrons. The topological polar surface area (TPSA) is 35.6 Å². The van der Waals surface area contributed by atoms with Crippen molar-refractivity contribution in [3.63, 3.8) is 0 Å². The van der Waals surface area contributed by atoms with Gasteiger partial charge in [-0.3, -0.25) is 9.69 Å². The van der Waals surface area contributed by atoms with Gasteiger partial charge in [-0.25, -0.2) is 0 Å². The van der Waals surface area contributed by atoms with Gasteiger partial charge >= 0.3 is 0 Å². The largest absolute Gasteiger partial charge is 0.369 e. The number of carbonyl (C=O) groups excluding carboxylic acids is 1. The van der Waals surface area contributed by atoms with E-state index in [9.17, 15) is 4.79 Å². The lowest BCUT2D eigenvalue weighted by atomic mass is 10.2. The minimum absolute atomic E-state index is 0.00623. The van der Waals surface area contributed by atoms with Crippen molar-refractivity contribution in [2.75, 3.05) is 37.6 Å². The van der Waals surface area contributed by atoms with E-state index in [0.717, 1.165) is 50.6 Å². The number of anilines is 1. The van der Waals surface area contributed by atoms with Crippen molar-refractivity contribution in [3.8, 4) is 0 Å². The minimum Gasteiger partial charge on any atom is -0.369 e. The maximum absolute atomic E-state index is 11.5. The number of halogens is 1. The van der Waals surface area contributed by atoms with E-state index in [1.165, 1.54) is 11.8 Å². The van der Waals surface area contributed by atoms with Crippen LogP contribution in [0.15, 0.2) is 36.9 Å². The number of rotatable bonds is 5. The van der Waals surface area contributed by atoms with Crippen LogP contribution in [0.25, 0.3) is 0 Å². The quantitative estimate of drug-likeness (QED) is 0.846. The van der Waals surface area contributed by atoms with Crippen LogP contribution in [0.4, 0.5) is 5.69 Å². The highest BCUT2D eigenvalue weighted by Gasteiger charge is 2.45. The highest BCUT2D eigenvalue weighted by molar-refractivity contribution is 6.30. The Bertz CT molecular complexity index is 546. The van der Waals surface area contributed by atoms with Gasteiger partial charge in [0.15, 0.2) is 0 Å². The molecule has 1 amide bonds. The minimum atomic E-state index is -0.0581. The molecule has 0 bridgehead atoms. The van der Waals surface area contributed by atoms with E-state index in [2.05, 4.69) is 33.8 Å². The van der Waals surface area contributed by atoms with E-state index in [4.69, 9.17) is 11.6 Å². The molecule has 2 aliphatic rings. The van der Waals surface area contributed by atoms with Gasteiger partial charge in [-0.15, -0.1) is 0 Å². The van der Waals surface area contributed by atoms with Crippen molar-refractivity contribution in [2.24, 2.45) is 0 Å². The summed E-state index contributed by atoms with van der Waals surface area (Å²) in [7, 11) is 0. The zero-order valence-corrected chi connectivity index (χ0v) is 13.5. The normalized spacial score (nSPS) is 20.5. The molecule has 0 unspecified atom stereocenters. The molecule has 0 radical (unpaired) electrons. The highest BCUT2D eigenvalue weighted by Crippen LogP contribution is 2.36. The molecular weight excluding hydrogens is 298 g/mol. The maximum Gasteiger partial charge on any atom is 0.243 e. The van der Waals surface area contributed by atoms with Gasteiger partial charge < -0.3 is 10.2 Å². The second-order valence-electron chi connectivity index (χ2n) is 6.21. The van der Waals surface area contributed by atoms with Crippen molar-refractivity contribution >= 4 is 23.2 Å². The summed E-state index contributed by atoms with van der Waals surface area (Å²) < 4.78 is 0. The van der Waals surface area contributed by atoms with E-state index in [0.29, 0.717) is 0 Å². The number of nitrogens with one attached hydrogen (secondary N) is 1. The van der Waals surface area contributed by atoms with Crippen molar-refractivity contribution < 1.29 is 4.79 Å². The molecule has 2 fully saturated rings. The lowest BCUT2D eigenvalue weighted by molar-refractivity contribution is -0.117. The van der Waals surface area contributed by atoms with E-state index >= 15 is 0 Å². The Hall–Kier alpha value is -1.52. The first-order valence-corrected chi connectivity index (χ1v) is 8.15. The Balaban J connectivity index is 1.51. The Morgan fingerprint density at radius 1 is 1.23 bits per heavy atom. The summed E-state index contributed by atoms with van der Waals surface area (Å²) in [5, 5.41) is 3.86. The molecule has 1 aromatic rings. The number of nitrogens with zero attached hydrogens (tertiary/aromatic N) is 2. The van der Waals surface area contributed by atoms with Crippen LogP contribution in [-0.2, 0) is 4.79 Å². The number of amides is 1. The van der Waals surface area contributed by atoms with Gasteiger partial charge in [0.1, 0.15) is 0 Å². The van der Waals surface area contributed by atoms with Gasteiger partial charge in [0.05, 0.1) is 5.54 Å². The summed E-state index contributed by atoms with van der Waals surface area (Å²) in [4.78, 5) is 16.3. The molecular formula is C17H22ClN3O. The Morgan fingerprint density at radius 2 is 1.86 bits per heavy atom. The first-order chi connectivity index (χ1) is 10.6. The first kappa shape index (κ1) is 15.4. The molecule has 3 rings (SSSR count). The fourth-order valence-corrected chi connectivity index (χ4v) is 3.16. The molecule has 0 spiro atoms. The summed E-state index contributed by atoms with van der Waals surface area (Å²) >= 11 is 5.94. The van der Waals surface area contributed by atoms with Crippen molar-refractivity contribution in [1.29, 1.82) is 0 Å². The smallest absolute Gasteiger partial charge is 0.243 e. The Labute approximate surface area is 136 Å². The van der Waals surface area contributed by atoms with E-state index < -0.39 is 0 Å². The Morgan fingerprint density at radius 3 is 2.41 bits per heavy atom. The van der Waals surface area contributed by atoms with Crippen molar-refractivity contribution in [2.45, 2.75) is 18.4 Å². The molecule has 5 heteroatoms. The van der Waals surface area contributed by atoms with Gasteiger partial charge in [-0.1, -0.05) is 18.2 Å². The lowest BCUT2D eigenvalue weighted by Crippen LogP contribution is -2.52. The fraction of sp³-hybridized carbons (Fsp3) is 0.471. The maximum atomic E-state index is 11.5. The monoisotopic (exact) mass is 319 g/mol. The highest BCUT2D eigenvalue weighted by atomic mass is 35.5. The van der Waals surface area contributed by atoms with Crippen LogP contribution in [0.3, 0.4) is 0 Å². The van der Waals surface area contributed by atoms with Gasteiger partial charge in [0.25, 0.3) is 0 Å². The van der Waals surface area contributed by atoms with E-state index in [1.54, 1.807) is 0 Å². The zero-order valence-electron chi connectivity index (χ0n) is 12.7. The molecule has 4 nitrogen and oxygen atoms in total. The third-order valence-corrected chi connectivity index (χ3v) is 4.77. The molecule has 1 saturated carbocycles. The predicted octanol–water partition coefficient (Wildman–Crippen LogP) is 2.30. The SMILES string of the molecule is C=CC(=O)NC1(CN2CCN(c3ccc(Cl)cc3)CC2)CC1. The van der Waals surface area contributed by atoms with Crippen molar-refractivity contribution in [3.05, 3.63) is 41.9 Å². The van der Waals surface area contributed by atoms with Crippen LogP contribution in [0.5, 0.6) is 0 Å². The molecule has 0 atom stereocenters. The van der Waals surface area contributed by atoms with Crippen LogP contribution in [0.1, 0.15) is 12.8 Å². The predicted molar refractivity (Wildman–Crippen MR) is 90.4 cm³/mol. The Kier molecular flexibility index (Phi) is 4.41. The standard InChI is InChI=1S/C17H22ClN3O/c1-2-16(22)19-17(7-8-17)13-20-9-11-21(12-10-20)15-5-3-14(18)4-6-15/h2-6H,1,7-13H2,(H,19,22). The third-order valence-electron chi connectivity index (χ3n) is 4.52. The number of hydrogen-bond acceptors (Lipinski definition) is 3. The summed E-state index contributed by atoms with van der Waals surface area (Å²) in [6, 6.07) is 8.02. The fourth-order valence-electron chi connectivity index (χ4n) is 3.03. The number of piperazine rings is 1. The second-order valence-corrected chi connectivity index (χ2v) is 6.65. The van der Waals surface area contributed by atoms with Gasteiger partial charge in [-0.05, 0) is 43.2 Å². The van der Waals surface area contributed by atoms with Crippen LogP contribution in [0, 0.1) is 0 Å². The van der Waals surface area contributed by atoms with Crippen LogP contribution < -0.4 is 10.2 Å². The lowest BCUT2D eigenvalue weighted by Gasteiger charge is -2.37. The number of hydrogen-bond donors (Lipinski definition) is 1. The molecule has 1 N–H and O–H groups in total. The number of benzene rings is 1. The van der Waals surface area contributed by atoms with Gasteiger partial charge in [-0.2, -0.15) is 0 Å². The first-order valence-electron chi connectivity index (χ1n) is 7.78. The van der Waals surface area contributed by atoms with E-state index in [-0.39, 0.29) is 11.4 Å². The van der Waals surface area contributed by atoms with Crippen LogP contribution in [-0.4, -0.2) is 49.1 Å².